The van der Waals surface area contributed by atoms with Crippen molar-refractivity contribution in [3.8, 4) is 17.9 Å². The highest BCUT2D eigenvalue weighted by atomic mass is 15.1. The fourth-order valence-electron chi connectivity index (χ4n) is 4.38. The summed E-state index contributed by atoms with van der Waals surface area (Å²) in [5.41, 5.74) is 3.94. The average molecular weight is 458 g/mol. The fourth-order valence-corrected chi connectivity index (χ4v) is 4.38. The molecule has 0 unspecified atom stereocenters. The van der Waals surface area contributed by atoms with Crippen molar-refractivity contribution in [1.29, 1.82) is 5.26 Å². The SMILES string of the molecule is N#Cc1ccc(N=Nc2ccc(C#Cc3ccc4ccc5ccc6ccccc6c5c4c3)cc2)cc1. The Morgan fingerprint density at radius 2 is 1.00 bits per heavy atom. The molecule has 0 radical (unpaired) electrons. The maximum Gasteiger partial charge on any atom is 0.0991 e. The standard InChI is InChI=1S/C33H19N3/c34-22-25-10-19-30(20-11-25)36-35-29-17-8-23(9-18-29)5-6-24-7-12-27-14-16-28-15-13-26-3-1-2-4-31(26)33(28)32(27)21-24/h1-4,7-21H. The number of nitrogens with zero attached hydrogens (tertiary/aromatic N) is 3. The Balaban J connectivity index is 1.29. The van der Waals surface area contributed by atoms with Gasteiger partial charge in [0, 0.05) is 11.1 Å². The third kappa shape index (κ3) is 4.18. The van der Waals surface area contributed by atoms with Gasteiger partial charge in [-0.25, -0.2) is 0 Å². The first kappa shape index (κ1) is 21.3. The summed E-state index contributed by atoms with van der Waals surface area (Å²) in [7, 11) is 0. The van der Waals surface area contributed by atoms with Crippen molar-refractivity contribution in [3.05, 3.63) is 132 Å². The number of benzene rings is 6. The van der Waals surface area contributed by atoms with Crippen LogP contribution in [0.5, 0.6) is 0 Å². The van der Waals surface area contributed by atoms with Crippen LogP contribution in [0.15, 0.2) is 125 Å². The van der Waals surface area contributed by atoms with E-state index >= 15 is 0 Å². The molecule has 3 heteroatoms. The summed E-state index contributed by atoms with van der Waals surface area (Å²) in [5.74, 6) is 6.60. The van der Waals surface area contributed by atoms with E-state index in [0.29, 0.717) is 11.3 Å². The lowest BCUT2D eigenvalue weighted by Gasteiger charge is -2.08. The van der Waals surface area contributed by atoms with Crippen molar-refractivity contribution >= 4 is 43.7 Å². The van der Waals surface area contributed by atoms with Crippen LogP contribution in [-0.4, -0.2) is 0 Å². The second-order valence-corrected chi connectivity index (χ2v) is 8.54. The first-order valence-corrected chi connectivity index (χ1v) is 11.7. The zero-order chi connectivity index (χ0) is 24.3. The van der Waals surface area contributed by atoms with E-state index < -0.39 is 0 Å². The van der Waals surface area contributed by atoms with Crippen molar-refractivity contribution in [2.24, 2.45) is 10.2 Å². The fraction of sp³-hybridized carbons (Fsp3) is 0. The topological polar surface area (TPSA) is 48.5 Å². The van der Waals surface area contributed by atoms with E-state index in [2.05, 4.69) is 94.9 Å². The second kappa shape index (κ2) is 9.18. The molecule has 0 aliphatic heterocycles. The van der Waals surface area contributed by atoms with Gasteiger partial charge in [-0.3, -0.25) is 0 Å². The smallest absolute Gasteiger partial charge is 0.0991 e. The van der Waals surface area contributed by atoms with Gasteiger partial charge < -0.3 is 0 Å². The van der Waals surface area contributed by atoms with Gasteiger partial charge in [0.2, 0.25) is 0 Å². The minimum atomic E-state index is 0.602. The normalized spacial score (nSPS) is 11.0. The number of hydrogen-bond acceptors (Lipinski definition) is 3. The lowest BCUT2D eigenvalue weighted by Crippen LogP contribution is -1.83. The molecule has 0 aliphatic carbocycles. The van der Waals surface area contributed by atoms with Crippen molar-refractivity contribution in [2.75, 3.05) is 0 Å². The summed E-state index contributed by atoms with van der Waals surface area (Å²) < 4.78 is 0. The molecule has 166 valence electrons. The van der Waals surface area contributed by atoms with Crippen molar-refractivity contribution in [1.82, 2.24) is 0 Å². The molecule has 0 atom stereocenters. The quantitative estimate of drug-likeness (QED) is 0.146. The predicted octanol–water partition coefficient (Wildman–Crippen LogP) is 8.83. The van der Waals surface area contributed by atoms with Crippen LogP contribution in [-0.2, 0) is 0 Å². The van der Waals surface area contributed by atoms with Crippen molar-refractivity contribution in [3.63, 3.8) is 0 Å². The third-order valence-electron chi connectivity index (χ3n) is 6.22. The molecular weight excluding hydrogens is 438 g/mol. The Morgan fingerprint density at radius 1 is 0.472 bits per heavy atom. The van der Waals surface area contributed by atoms with E-state index in [9.17, 15) is 0 Å². The van der Waals surface area contributed by atoms with Gasteiger partial charge in [-0.15, -0.1) is 0 Å². The minimum absolute atomic E-state index is 0.602. The zero-order valence-corrected chi connectivity index (χ0v) is 19.3. The largest absolute Gasteiger partial charge is 0.192 e. The molecule has 0 N–H and O–H groups in total. The highest BCUT2D eigenvalue weighted by Gasteiger charge is 2.05. The molecular formula is C33H19N3. The predicted molar refractivity (Wildman–Crippen MR) is 147 cm³/mol. The highest BCUT2D eigenvalue weighted by Crippen LogP contribution is 2.32. The average Bonchev–Trinajstić information content (AvgIpc) is 2.95. The maximum atomic E-state index is 8.89. The minimum Gasteiger partial charge on any atom is -0.192 e. The number of rotatable bonds is 2. The Kier molecular flexibility index (Phi) is 5.43. The summed E-state index contributed by atoms with van der Waals surface area (Å²) in [6, 6.07) is 40.5. The van der Waals surface area contributed by atoms with Gasteiger partial charge in [0.05, 0.1) is 23.0 Å². The molecule has 0 fully saturated rings. The van der Waals surface area contributed by atoms with Gasteiger partial charge in [0.25, 0.3) is 0 Å². The molecule has 3 nitrogen and oxygen atoms in total. The van der Waals surface area contributed by atoms with Gasteiger partial charge in [-0.05, 0) is 93.0 Å². The van der Waals surface area contributed by atoms with Gasteiger partial charge in [0.1, 0.15) is 0 Å². The van der Waals surface area contributed by atoms with Crippen LogP contribution < -0.4 is 0 Å². The zero-order valence-electron chi connectivity index (χ0n) is 19.3. The number of nitriles is 1. The first-order valence-electron chi connectivity index (χ1n) is 11.7. The van der Waals surface area contributed by atoms with Gasteiger partial charge >= 0.3 is 0 Å². The monoisotopic (exact) mass is 457 g/mol. The molecule has 6 rings (SSSR count). The van der Waals surface area contributed by atoms with E-state index in [-0.39, 0.29) is 0 Å². The van der Waals surface area contributed by atoms with Crippen molar-refractivity contribution in [2.45, 2.75) is 0 Å². The van der Waals surface area contributed by atoms with Crippen LogP contribution >= 0.6 is 0 Å². The molecule has 0 bridgehead atoms. The molecule has 0 aromatic heterocycles. The van der Waals surface area contributed by atoms with Crippen LogP contribution in [0.3, 0.4) is 0 Å². The Bertz CT molecular complexity index is 1870. The number of azo groups is 1. The van der Waals surface area contributed by atoms with E-state index in [0.717, 1.165) is 16.8 Å². The number of hydrogen-bond donors (Lipinski definition) is 0. The maximum absolute atomic E-state index is 8.89. The lowest BCUT2D eigenvalue weighted by atomic mass is 9.95. The van der Waals surface area contributed by atoms with E-state index in [1.807, 2.05) is 24.3 Å². The Labute approximate surface area is 209 Å². The lowest BCUT2D eigenvalue weighted by molar-refractivity contribution is 1.23. The molecule has 0 aliphatic rings. The van der Waals surface area contributed by atoms with Crippen LogP contribution in [0, 0.1) is 23.2 Å². The van der Waals surface area contributed by atoms with E-state index in [1.54, 1.807) is 24.3 Å². The summed E-state index contributed by atoms with van der Waals surface area (Å²) >= 11 is 0. The summed E-state index contributed by atoms with van der Waals surface area (Å²) in [6.07, 6.45) is 0. The Hall–Kier alpha value is -5.25. The molecule has 0 amide bonds. The molecule has 0 spiro atoms. The van der Waals surface area contributed by atoms with Gasteiger partial charge in [0.15, 0.2) is 0 Å². The van der Waals surface area contributed by atoms with Crippen molar-refractivity contribution < 1.29 is 0 Å². The summed E-state index contributed by atoms with van der Waals surface area (Å²) in [6.45, 7) is 0. The molecule has 36 heavy (non-hydrogen) atoms. The first-order chi connectivity index (χ1) is 17.8. The molecule has 6 aromatic carbocycles. The third-order valence-corrected chi connectivity index (χ3v) is 6.22. The summed E-state index contributed by atoms with van der Waals surface area (Å²) in [4.78, 5) is 0. The van der Waals surface area contributed by atoms with Crippen LogP contribution in [0.25, 0.3) is 32.3 Å². The number of fused-ring (bicyclic) bond motifs is 5. The van der Waals surface area contributed by atoms with Gasteiger partial charge in [-0.2, -0.15) is 15.5 Å². The van der Waals surface area contributed by atoms with Gasteiger partial charge in [-0.1, -0.05) is 66.4 Å². The molecule has 6 aromatic rings. The highest BCUT2D eigenvalue weighted by molar-refractivity contribution is 6.20. The summed E-state index contributed by atoms with van der Waals surface area (Å²) in [5, 5.41) is 24.8. The molecule has 0 saturated heterocycles. The van der Waals surface area contributed by atoms with E-state index in [1.165, 1.54) is 32.3 Å². The molecule has 0 saturated carbocycles. The van der Waals surface area contributed by atoms with Crippen LogP contribution in [0.2, 0.25) is 0 Å². The van der Waals surface area contributed by atoms with E-state index in [4.69, 9.17) is 5.26 Å². The molecule has 0 heterocycles. The van der Waals surface area contributed by atoms with Crippen LogP contribution in [0.1, 0.15) is 16.7 Å². The second-order valence-electron chi connectivity index (χ2n) is 8.54. The Morgan fingerprint density at radius 3 is 1.69 bits per heavy atom. The van der Waals surface area contributed by atoms with Crippen LogP contribution in [0.4, 0.5) is 11.4 Å².